The minimum Gasteiger partial charge on any atom is -0.488 e. The summed E-state index contributed by atoms with van der Waals surface area (Å²) in [6, 6.07) is 13.5. The highest BCUT2D eigenvalue weighted by Gasteiger charge is 2.36. The van der Waals surface area contributed by atoms with Gasteiger partial charge in [-0.15, -0.1) is 0 Å². The fourth-order valence-electron chi connectivity index (χ4n) is 3.10. The van der Waals surface area contributed by atoms with Gasteiger partial charge in [-0.1, -0.05) is 28.1 Å². The van der Waals surface area contributed by atoms with Gasteiger partial charge in [0.2, 0.25) is 0 Å². The van der Waals surface area contributed by atoms with Gasteiger partial charge in [0.25, 0.3) is 11.8 Å². The second-order valence-corrected chi connectivity index (χ2v) is 7.80. The first-order valence-electron chi connectivity index (χ1n) is 9.49. The molecule has 3 aromatic rings. The number of imide groups is 2. The van der Waals surface area contributed by atoms with Crippen LogP contribution in [0.2, 0.25) is 0 Å². The molecule has 2 aromatic carbocycles. The predicted octanol–water partition coefficient (Wildman–Crippen LogP) is 4.42. The highest BCUT2D eigenvalue weighted by atomic mass is 79.9. The van der Waals surface area contributed by atoms with Crippen molar-refractivity contribution >= 4 is 39.9 Å². The van der Waals surface area contributed by atoms with E-state index in [1.165, 1.54) is 24.5 Å². The van der Waals surface area contributed by atoms with E-state index in [1.54, 1.807) is 42.5 Å². The van der Waals surface area contributed by atoms with Gasteiger partial charge in [-0.3, -0.25) is 19.8 Å². The molecule has 162 valence electrons. The number of hydrogen-bond acceptors (Lipinski definition) is 5. The third-order valence-electron chi connectivity index (χ3n) is 4.63. The summed E-state index contributed by atoms with van der Waals surface area (Å²) in [5.74, 6) is -1.18. The van der Waals surface area contributed by atoms with Gasteiger partial charge in [0, 0.05) is 10.0 Å². The van der Waals surface area contributed by atoms with Crippen molar-refractivity contribution in [1.29, 1.82) is 0 Å². The number of carbonyl (C=O) groups is 3. The van der Waals surface area contributed by atoms with Crippen LogP contribution < -0.4 is 10.1 Å². The van der Waals surface area contributed by atoms with Crippen LogP contribution in [0.3, 0.4) is 0 Å². The number of furan rings is 1. The molecule has 9 heteroatoms. The lowest BCUT2D eigenvalue weighted by Gasteiger charge is -2.25. The van der Waals surface area contributed by atoms with Crippen LogP contribution in [0.1, 0.15) is 16.9 Å². The molecule has 4 amide bonds. The predicted molar refractivity (Wildman–Crippen MR) is 116 cm³/mol. The van der Waals surface area contributed by atoms with E-state index in [4.69, 9.17) is 9.15 Å². The molecule has 7 nitrogen and oxygen atoms in total. The summed E-state index contributed by atoms with van der Waals surface area (Å²) in [5.41, 5.74) is 0.819. The van der Waals surface area contributed by atoms with E-state index < -0.39 is 17.8 Å². The van der Waals surface area contributed by atoms with E-state index in [2.05, 4.69) is 21.2 Å². The number of hydrogen-bond donors (Lipinski definition) is 1. The van der Waals surface area contributed by atoms with Gasteiger partial charge in [-0.2, -0.15) is 0 Å². The Kier molecular flexibility index (Phi) is 6.18. The number of carbonyl (C=O) groups excluding carboxylic acids is 3. The largest absolute Gasteiger partial charge is 0.488 e. The van der Waals surface area contributed by atoms with Gasteiger partial charge < -0.3 is 9.15 Å². The molecular formula is C23H16BrFN2O5. The van der Waals surface area contributed by atoms with Crippen molar-refractivity contribution in [3.63, 3.8) is 0 Å². The quantitative estimate of drug-likeness (QED) is 0.401. The van der Waals surface area contributed by atoms with Gasteiger partial charge >= 0.3 is 6.03 Å². The maximum Gasteiger partial charge on any atom is 0.331 e. The summed E-state index contributed by atoms with van der Waals surface area (Å²) in [5, 5.41) is 2.16. The van der Waals surface area contributed by atoms with Crippen molar-refractivity contribution in [3.05, 3.63) is 93.6 Å². The number of nitrogens with one attached hydrogen (secondary N) is 1. The van der Waals surface area contributed by atoms with Gasteiger partial charge in [0.05, 0.1) is 12.8 Å². The van der Waals surface area contributed by atoms with Crippen molar-refractivity contribution in [2.45, 2.75) is 13.2 Å². The third-order valence-corrected chi connectivity index (χ3v) is 5.13. The van der Waals surface area contributed by atoms with Crippen molar-refractivity contribution in [2.24, 2.45) is 0 Å². The van der Waals surface area contributed by atoms with Crippen LogP contribution in [0.4, 0.5) is 9.18 Å². The lowest BCUT2D eigenvalue weighted by atomic mass is 10.1. The zero-order valence-electron chi connectivity index (χ0n) is 16.5. The SMILES string of the molecule is O=C1NC(=O)N(Cc2ccco2)C(=O)C1=Cc1cc(Br)ccc1OCc1cccc(F)c1. The average Bonchev–Trinajstić information content (AvgIpc) is 3.27. The molecule has 0 aliphatic carbocycles. The zero-order chi connectivity index (χ0) is 22.7. The van der Waals surface area contributed by atoms with Crippen molar-refractivity contribution < 1.29 is 27.9 Å². The number of nitrogens with zero attached hydrogens (tertiary/aromatic N) is 1. The van der Waals surface area contributed by atoms with Crippen LogP contribution in [0.15, 0.2) is 75.3 Å². The summed E-state index contributed by atoms with van der Waals surface area (Å²) >= 11 is 3.36. The summed E-state index contributed by atoms with van der Waals surface area (Å²) in [6.45, 7) is -0.0392. The Bertz CT molecular complexity index is 1220. The second-order valence-electron chi connectivity index (χ2n) is 6.89. The minimum atomic E-state index is -0.828. The first-order chi connectivity index (χ1) is 15.4. The Morgan fingerprint density at radius 1 is 1.09 bits per heavy atom. The Labute approximate surface area is 190 Å². The number of ether oxygens (including phenoxy) is 1. The molecule has 0 radical (unpaired) electrons. The minimum absolute atomic E-state index is 0.0822. The molecule has 1 fully saturated rings. The number of barbiturate groups is 1. The maximum absolute atomic E-state index is 13.4. The number of halogens is 2. The van der Waals surface area contributed by atoms with Crippen LogP contribution in [-0.4, -0.2) is 22.7 Å². The summed E-state index contributed by atoms with van der Waals surface area (Å²) in [7, 11) is 0. The van der Waals surface area contributed by atoms with Crippen molar-refractivity contribution in [2.75, 3.05) is 0 Å². The van der Waals surface area contributed by atoms with Crippen molar-refractivity contribution in [3.8, 4) is 5.75 Å². The Morgan fingerprint density at radius 3 is 2.69 bits per heavy atom. The Morgan fingerprint density at radius 2 is 1.94 bits per heavy atom. The maximum atomic E-state index is 13.4. The van der Waals surface area contributed by atoms with E-state index in [0.717, 1.165) is 4.90 Å². The monoisotopic (exact) mass is 498 g/mol. The smallest absolute Gasteiger partial charge is 0.331 e. The number of rotatable bonds is 6. The summed E-state index contributed by atoms with van der Waals surface area (Å²) in [6.07, 6.45) is 2.78. The van der Waals surface area contributed by atoms with E-state index >= 15 is 0 Å². The summed E-state index contributed by atoms with van der Waals surface area (Å²) in [4.78, 5) is 38.4. The molecule has 0 atom stereocenters. The van der Waals surface area contributed by atoms with E-state index in [0.29, 0.717) is 27.1 Å². The molecule has 0 unspecified atom stereocenters. The fourth-order valence-corrected chi connectivity index (χ4v) is 3.48. The molecule has 1 N–H and O–H groups in total. The van der Waals surface area contributed by atoms with Gasteiger partial charge in [0.15, 0.2) is 0 Å². The summed E-state index contributed by atoms with van der Waals surface area (Å²) < 4.78 is 25.1. The molecular weight excluding hydrogens is 483 g/mol. The molecule has 1 saturated heterocycles. The highest BCUT2D eigenvalue weighted by Crippen LogP contribution is 2.28. The first-order valence-corrected chi connectivity index (χ1v) is 10.3. The van der Waals surface area contributed by atoms with Gasteiger partial charge in [-0.05, 0) is 54.1 Å². The molecule has 2 heterocycles. The molecule has 32 heavy (non-hydrogen) atoms. The molecule has 0 spiro atoms. The second kappa shape index (κ2) is 9.19. The molecule has 1 aliphatic heterocycles. The van der Waals surface area contributed by atoms with Crippen LogP contribution in [0.5, 0.6) is 5.75 Å². The first kappa shape index (κ1) is 21.5. The standard InChI is InChI=1S/C23H16BrFN2O5/c24-16-6-7-20(32-13-14-3-1-4-17(25)9-14)15(10-16)11-19-21(28)26-23(30)27(22(19)29)12-18-5-2-8-31-18/h1-11H,12-13H2,(H,26,28,30). The highest BCUT2D eigenvalue weighted by molar-refractivity contribution is 9.10. The van der Waals surface area contributed by atoms with Crippen LogP contribution in [0, 0.1) is 5.82 Å². The van der Waals surface area contributed by atoms with Crippen LogP contribution >= 0.6 is 15.9 Å². The topological polar surface area (TPSA) is 88.9 Å². The number of benzene rings is 2. The number of amides is 4. The molecule has 4 rings (SSSR count). The fraction of sp³-hybridized carbons (Fsp3) is 0.0870. The Balaban J connectivity index is 1.62. The van der Waals surface area contributed by atoms with E-state index in [9.17, 15) is 18.8 Å². The molecule has 0 bridgehead atoms. The average molecular weight is 499 g/mol. The third kappa shape index (κ3) is 4.78. The molecule has 1 aliphatic rings. The van der Waals surface area contributed by atoms with E-state index in [1.807, 2.05) is 0 Å². The lowest BCUT2D eigenvalue weighted by Crippen LogP contribution is -2.53. The van der Waals surface area contributed by atoms with Gasteiger partial charge in [-0.25, -0.2) is 9.18 Å². The Hall–Kier alpha value is -3.72. The zero-order valence-corrected chi connectivity index (χ0v) is 18.1. The van der Waals surface area contributed by atoms with E-state index in [-0.39, 0.29) is 24.5 Å². The van der Waals surface area contributed by atoms with Crippen LogP contribution in [-0.2, 0) is 22.7 Å². The molecule has 0 saturated carbocycles. The van der Waals surface area contributed by atoms with Crippen LogP contribution in [0.25, 0.3) is 6.08 Å². The molecule has 1 aromatic heterocycles. The number of urea groups is 1. The normalized spacial score (nSPS) is 15.2. The van der Waals surface area contributed by atoms with Gasteiger partial charge in [0.1, 0.15) is 29.5 Å². The lowest BCUT2D eigenvalue weighted by molar-refractivity contribution is -0.130. The van der Waals surface area contributed by atoms with Crippen molar-refractivity contribution in [1.82, 2.24) is 10.2 Å².